The standard InChI is InChI=1S/C18H14F3N3O3/c19-18(20,21)11-5-7-12(8-6-11)22-14-4-2-1-3-13(14)15-23-24-16(27-15)17(25)9-26-10-17/h1-8,22,25H,9-10H2. The van der Waals surface area contributed by atoms with Crippen molar-refractivity contribution >= 4 is 11.4 Å². The molecule has 2 heterocycles. The lowest BCUT2D eigenvalue weighted by Crippen LogP contribution is -2.46. The summed E-state index contributed by atoms with van der Waals surface area (Å²) in [5, 5.41) is 21.1. The summed E-state index contributed by atoms with van der Waals surface area (Å²) in [6, 6.07) is 11.7. The molecule has 1 fully saturated rings. The second-order valence-corrected chi connectivity index (χ2v) is 6.18. The highest BCUT2D eigenvalue weighted by Gasteiger charge is 2.43. The van der Waals surface area contributed by atoms with Gasteiger partial charge in [-0.25, -0.2) is 0 Å². The van der Waals surface area contributed by atoms with E-state index in [-0.39, 0.29) is 25.0 Å². The highest BCUT2D eigenvalue weighted by Crippen LogP contribution is 2.34. The van der Waals surface area contributed by atoms with E-state index in [1.54, 1.807) is 24.3 Å². The van der Waals surface area contributed by atoms with E-state index in [1.807, 2.05) is 0 Å². The van der Waals surface area contributed by atoms with Crippen LogP contribution in [0.1, 0.15) is 11.5 Å². The molecule has 1 aliphatic heterocycles. The van der Waals surface area contributed by atoms with E-state index in [2.05, 4.69) is 15.5 Å². The van der Waals surface area contributed by atoms with Gasteiger partial charge in [0.25, 0.3) is 5.89 Å². The monoisotopic (exact) mass is 377 g/mol. The van der Waals surface area contributed by atoms with Gasteiger partial charge < -0.3 is 19.6 Å². The molecule has 0 aliphatic carbocycles. The van der Waals surface area contributed by atoms with Crippen molar-refractivity contribution in [3.8, 4) is 11.5 Å². The molecule has 3 aromatic rings. The van der Waals surface area contributed by atoms with Crippen LogP contribution in [0.2, 0.25) is 0 Å². The van der Waals surface area contributed by atoms with E-state index in [9.17, 15) is 18.3 Å². The van der Waals surface area contributed by atoms with E-state index in [0.717, 1.165) is 12.1 Å². The number of ether oxygens (including phenoxy) is 1. The maximum absolute atomic E-state index is 12.7. The molecule has 1 aromatic heterocycles. The number of hydrogen-bond acceptors (Lipinski definition) is 6. The Bertz CT molecular complexity index is 950. The molecule has 27 heavy (non-hydrogen) atoms. The van der Waals surface area contributed by atoms with Gasteiger partial charge in [0, 0.05) is 5.69 Å². The van der Waals surface area contributed by atoms with Crippen molar-refractivity contribution in [1.82, 2.24) is 10.2 Å². The quantitative estimate of drug-likeness (QED) is 0.721. The van der Waals surface area contributed by atoms with Crippen LogP contribution in [0.3, 0.4) is 0 Å². The summed E-state index contributed by atoms with van der Waals surface area (Å²) in [5.74, 6) is 0.244. The van der Waals surface area contributed by atoms with Gasteiger partial charge in [0.2, 0.25) is 5.89 Å². The van der Waals surface area contributed by atoms with Crippen molar-refractivity contribution in [1.29, 1.82) is 0 Å². The van der Waals surface area contributed by atoms with Gasteiger partial charge in [0.05, 0.1) is 30.0 Å². The predicted octanol–water partition coefficient (Wildman–Crippen LogP) is 3.72. The number of rotatable bonds is 4. The van der Waals surface area contributed by atoms with Gasteiger partial charge in [0.1, 0.15) is 0 Å². The molecule has 0 saturated carbocycles. The van der Waals surface area contributed by atoms with Crippen LogP contribution in [0.15, 0.2) is 52.9 Å². The van der Waals surface area contributed by atoms with Crippen LogP contribution in [0, 0.1) is 0 Å². The van der Waals surface area contributed by atoms with Gasteiger partial charge in [0.15, 0.2) is 5.60 Å². The van der Waals surface area contributed by atoms with Crippen LogP contribution >= 0.6 is 0 Å². The molecule has 2 aromatic carbocycles. The summed E-state index contributed by atoms with van der Waals surface area (Å²) in [4.78, 5) is 0. The minimum atomic E-state index is -4.39. The third-order valence-corrected chi connectivity index (χ3v) is 4.15. The molecule has 0 bridgehead atoms. The first-order valence-corrected chi connectivity index (χ1v) is 8.03. The largest absolute Gasteiger partial charge is 0.417 e. The fraction of sp³-hybridized carbons (Fsp3) is 0.222. The third kappa shape index (κ3) is 3.38. The Balaban J connectivity index is 1.60. The lowest BCUT2D eigenvalue weighted by atomic mass is 10.0. The summed E-state index contributed by atoms with van der Waals surface area (Å²) >= 11 is 0. The maximum atomic E-state index is 12.7. The SMILES string of the molecule is OC1(c2nnc(-c3ccccc3Nc3ccc(C(F)(F)F)cc3)o2)COC1. The fourth-order valence-corrected chi connectivity index (χ4v) is 2.62. The van der Waals surface area contributed by atoms with Crippen LogP contribution in [0.25, 0.3) is 11.5 Å². The van der Waals surface area contributed by atoms with Crippen molar-refractivity contribution in [2.24, 2.45) is 0 Å². The molecular formula is C18H14F3N3O3. The van der Waals surface area contributed by atoms with E-state index in [1.165, 1.54) is 12.1 Å². The predicted molar refractivity (Wildman–Crippen MR) is 89.2 cm³/mol. The number of nitrogens with zero attached hydrogens (tertiary/aromatic N) is 2. The molecule has 1 aliphatic rings. The molecule has 140 valence electrons. The smallest absolute Gasteiger partial charge is 0.416 e. The number of anilines is 2. The zero-order valence-corrected chi connectivity index (χ0v) is 13.8. The number of alkyl halides is 3. The first-order valence-electron chi connectivity index (χ1n) is 8.03. The summed E-state index contributed by atoms with van der Waals surface area (Å²) in [7, 11) is 0. The average molecular weight is 377 g/mol. The molecule has 0 unspecified atom stereocenters. The zero-order chi connectivity index (χ0) is 19.1. The van der Waals surface area contributed by atoms with Crippen molar-refractivity contribution in [2.75, 3.05) is 18.5 Å². The Morgan fingerprint density at radius 3 is 2.33 bits per heavy atom. The molecule has 0 amide bonds. The van der Waals surface area contributed by atoms with Crippen molar-refractivity contribution in [2.45, 2.75) is 11.8 Å². The topological polar surface area (TPSA) is 80.4 Å². The average Bonchev–Trinajstić information content (AvgIpc) is 3.10. The van der Waals surface area contributed by atoms with Crippen molar-refractivity contribution in [3.05, 3.63) is 60.0 Å². The number of halogens is 3. The van der Waals surface area contributed by atoms with Gasteiger partial charge in [-0.05, 0) is 36.4 Å². The minimum Gasteiger partial charge on any atom is -0.417 e. The van der Waals surface area contributed by atoms with Crippen LogP contribution in [0.5, 0.6) is 0 Å². The third-order valence-electron chi connectivity index (χ3n) is 4.15. The van der Waals surface area contributed by atoms with Crippen LogP contribution in [0.4, 0.5) is 24.5 Å². The lowest BCUT2D eigenvalue weighted by Gasteiger charge is -2.32. The zero-order valence-electron chi connectivity index (χ0n) is 13.8. The number of para-hydroxylation sites is 1. The van der Waals surface area contributed by atoms with Crippen LogP contribution < -0.4 is 5.32 Å². The van der Waals surface area contributed by atoms with Crippen molar-refractivity contribution in [3.63, 3.8) is 0 Å². The molecule has 0 spiro atoms. The van der Waals surface area contributed by atoms with E-state index >= 15 is 0 Å². The van der Waals surface area contributed by atoms with E-state index in [0.29, 0.717) is 16.9 Å². The Kier molecular flexibility index (Phi) is 4.12. The molecule has 1 saturated heterocycles. The number of benzene rings is 2. The van der Waals surface area contributed by atoms with Gasteiger partial charge in [-0.1, -0.05) is 12.1 Å². The van der Waals surface area contributed by atoms with Gasteiger partial charge in [-0.15, -0.1) is 10.2 Å². The van der Waals surface area contributed by atoms with Crippen molar-refractivity contribution < 1.29 is 27.4 Å². The first kappa shape index (κ1) is 17.5. The molecule has 4 rings (SSSR count). The van der Waals surface area contributed by atoms with E-state index in [4.69, 9.17) is 9.15 Å². The maximum Gasteiger partial charge on any atom is 0.416 e. The summed E-state index contributed by atoms with van der Waals surface area (Å²) in [6.45, 7) is 0.167. The highest BCUT2D eigenvalue weighted by atomic mass is 19.4. The second-order valence-electron chi connectivity index (χ2n) is 6.18. The highest BCUT2D eigenvalue weighted by molar-refractivity contribution is 5.76. The van der Waals surface area contributed by atoms with E-state index < -0.39 is 17.3 Å². The molecule has 6 nitrogen and oxygen atoms in total. The number of hydrogen-bond donors (Lipinski definition) is 2. The first-order chi connectivity index (χ1) is 12.9. The molecule has 0 radical (unpaired) electrons. The second kappa shape index (κ2) is 6.36. The Hall–Kier alpha value is -2.91. The molecular weight excluding hydrogens is 363 g/mol. The summed E-state index contributed by atoms with van der Waals surface area (Å²) in [6.07, 6.45) is -4.39. The Morgan fingerprint density at radius 2 is 1.70 bits per heavy atom. The minimum absolute atomic E-state index is 0.0630. The number of nitrogens with one attached hydrogen (secondary N) is 1. The van der Waals surface area contributed by atoms with Gasteiger partial charge >= 0.3 is 6.18 Å². The van der Waals surface area contributed by atoms with Gasteiger partial charge in [-0.3, -0.25) is 0 Å². The fourth-order valence-electron chi connectivity index (χ4n) is 2.62. The molecule has 2 N–H and O–H groups in total. The van der Waals surface area contributed by atoms with Gasteiger partial charge in [-0.2, -0.15) is 13.2 Å². The Morgan fingerprint density at radius 1 is 1.00 bits per heavy atom. The molecule has 9 heteroatoms. The molecule has 0 atom stereocenters. The summed E-state index contributed by atoms with van der Waals surface area (Å²) < 4.78 is 48.6. The van der Waals surface area contributed by atoms with Crippen LogP contribution in [-0.2, 0) is 16.5 Å². The number of aliphatic hydroxyl groups is 1. The Labute approximate surface area is 151 Å². The van der Waals surface area contributed by atoms with Crippen LogP contribution in [-0.4, -0.2) is 28.5 Å². The lowest BCUT2D eigenvalue weighted by molar-refractivity contribution is -0.196. The number of aromatic nitrogens is 2. The summed E-state index contributed by atoms with van der Waals surface area (Å²) in [5.41, 5.74) is -0.398. The normalized spacial score (nSPS) is 16.0.